The van der Waals surface area contributed by atoms with Crippen molar-refractivity contribution >= 4 is 22.4 Å². The van der Waals surface area contributed by atoms with Gasteiger partial charge in [0.1, 0.15) is 23.1 Å². The minimum atomic E-state index is -3.77. The number of fused-ring (bicyclic) bond motifs is 3. The summed E-state index contributed by atoms with van der Waals surface area (Å²) in [6.07, 6.45) is 5.15. The number of halogens is 3. The number of alkyl halides is 2. The van der Waals surface area contributed by atoms with Crippen LogP contribution in [0.3, 0.4) is 0 Å². The Balaban J connectivity index is 1.53. The summed E-state index contributed by atoms with van der Waals surface area (Å²) in [5.41, 5.74) is 1.53. The lowest BCUT2D eigenvalue weighted by atomic mass is 9.91. The number of benzene rings is 2. The smallest absolute Gasteiger partial charge is 0.303 e. The first-order valence-electron chi connectivity index (χ1n) is 14.1. The number of nitrogens with zero attached hydrogens (tertiary/aromatic N) is 3. The van der Waals surface area contributed by atoms with Crippen LogP contribution in [0.5, 0.6) is 0 Å². The molecular formula is C31H39F3N4O2. The van der Waals surface area contributed by atoms with E-state index in [-0.39, 0.29) is 5.56 Å². The summed E-state index contributed by atoms with van der Waals surface area (Å²) in [5.74, 6) is -3.10. The molecule has 3 aromatic rings. The van der Waals surface area contributed by atoms with E-state index in [0.717, 1.165) is 82.6 Å². The number of nitrogens with one attached hydrogen (secondary N) is 1. The number of hydrogen-bond acceptors (Lipinski definition) is 6. The van der Waals surface area contributed by atoms with E-state index in [1.807, 2.05) is 6.92 Å². The Bertz CT molecular complexity index is 1400. The molecule has 0 bridgehead atoms. The van der Waals surface area contributed by atoms with Gasteiger partial charge in [-0.15, -0.1) is 0 Å². The molecule has 1 aromatic heterocycles. The van der Waals surface area contributed by atoms with Crippen LogP contribution in [0.4, 0.5) is 24.7 Å². The van der Waals surface area contributed by atoms with Gasteiger partial charge in [0.15, 0.2) is 0 Å². The van der Waals surface area contributed by atoms with E-state index in [9.17, 15) is 13.9 Å². The fourth-order valence-electron chi connectivity index (χ4n) is 6.17. The number of rotatable bonds is 8. The van der Waals surface area contributed by atoms with Gasteiger partial charge in [0.05, 0.1) is 17.1 Å². The van der Waals surface area contributed by atoms with Crippen molar-refractivity contribution in [3.8, 4) is 0 Å². The molecule has 1 saturated heterocycles. The van der Waals surface area contributed by atoms with E-state index in [2.05, 4.69) is 21.3 Å². The zero-order valence-electron chi connectivity index (χ0n) is 24.0. The van der Waals surface area contributed by atoms with Crippen molar-refractivity contribution in [3.05, 3.63) is 58.2 Å². The van der Waals surface area contributed by atoms with Crippen molar-refractivity contribution in [2.24, 2.45) is 5.92 Å². The number of hydrogen-bond donors (Lipinski definition) is 2. The molecule has 2 heterocycles. The second kappa shape index (κ2) is 10.8. The summed E-state index contributed by atoms with van der Waals surface area (Å²) in [6.45, 7) is 8.19. The van der Waals surface area contributed by atoms with Crippen LogP contribution in [-0.2, 0) is 23.5 Å². The average Bonchev–Trinajstić information content (AvgIpc) is 3.39. The molecule has 6 nitrogen and oxygen atoms in total. The molecule has 0 saturated carbocycles. The highest BCUT2D eigenvalue weighted by Crippen LogP contribution is 2.43. The Kier molecular flexibility index (Phi) is 7.74. The lowest BCUT2D eigenvalue weighted by Gasteiger charge is -2.35. The van der Waals surface area contributed by atoms with Crippen molar-refractivity contribution in [2.45, 2.75) is 77.4 Å². The molecule has 2 aromatic carbocycles. The van der Waals surface area contributed by atoms with Crippen LogP contribution in [0.25, 0.3) is 10.9 Å². The highest BCUT2D eigenvalue weighted by molar-refractivity contribution is 5.96. The summed E-state index contributed by atoms with van der Waals surface area (Å²) in [7, 11) is 1.75. The third-order valence-corrected chi connectivity index (χ3v) is 8.46. The van der Waals surface area contributed by atoms with Gasteiger partial charge in [-0.3, -0.25) is 0 Å². The molecule has 9 heteroatoms. The predicted octanol–water partition coefficient (Wildman–Crippen LogP) is 6.46. The zero-order chi connectivity index (χ0) is 28.8. The highest BCUT2D eigenvalue weighted by atomic mass is 19.3. The Morgan fingerprint density at radius 2 is 1.85 bits per heavy atom. The number of methoxy groups -OCH3 is 1. The molecule has 2 aliphatic rings. The number of aryl methyl sites for hydroxylation is 2. The Hall–Kier alpha value is -2.91. The number of aromatic nitrogens is 2. The Morgan fingerprint density at radius 3 is 2.52 bits per heavy atom. The summed E-state index contributed by atoms with van der Waals surface area (Å²) >= 11 is 0. The molecule has 1 atom stereocenters. The fraction of sp³-hybridized carbons (Fsp3) is 0.548. The maximum absolute atomic E-state index is 15.5. The monoisotopic (exact) mass is 556 g/mol. The van der Waals surface area contributed by atoms with E-state index in [1.54, 1.807) is 14.0 Å². The molecular weight excluding hydrogens is 517 g/mol. The predicted molar refractivity (Wildman–Crippen MR) is 152 cm³/mol. The molecule has 0 radical (unpaired) electrons. The van der Waals surface area contributed by atoms with Crippen molar-refractivity contribution < 1.29 is 23.0 Å². The average molecular weight is 557 g/mol. The van der Waals surface area contributed by atoms with Gasteiger partial charge in [-0.05, 0) is 89.0 Å². The Labute approximate surface area is 234 Å². The summed E-state index contributed by atoms with van der Waals surface area (Å²) in [6, 6.07) is 5.39. The summed E-state index contributed by atoms with van der Waals surface area (Å²) < 4.78 is 50.8. The maximum Gasteiger partial charge on any atom is 0.303 e. The van der Waals surface area contributed by atoms with Gasteiger partial charge in [0.2, 0.25) is 0 Å². The summed E-state index contributed by atoms with van der Waals surface area (Å²) in [4.78, 5) is 12.0. The second-order valence-electron chi connectivity index (χ2n) is 11.8. The SMILES string of the molecule is COCC1CCN(c2cc3c(N[C@H](C)c4cccc(C(F)(F)C(C)(C)O)c4F)nc(C)nc3c3c2CCC3)CC1. The third-order valence-electron chi connectivity index (χ3n) is 8.46. The topological polar surface area (TPSA) is 70.5 Å². The molecule has 1 fully saturated rings. The quantitative estimate of drug-likeness (QED) is 0.332. The molecule has 0 unspecified atom stereocenters. The van der Waals surface area contributed by atoms with Gasteiger partial charge in [-0.2, -0.15) is 8.78 Å². The highest BCUT2D eigenvalue weighted by Gasteiger charge is 2.49. The van der Waals surface area contributed by atoms with E-state index in [1.165, 1.54) is 28.9 Å². The van der Waals surface area contributed by atoms with Crippen LogP contribution in [0, 0.1) is 18.7 Å². The molecule has 0 amide bonds. The summed E-state index contributed by atoms with van der Waals surface area (Å²) in [5, 5.41) is 14.2. The molecule has 216 valence electrons. The maximum atomic E-state index is 15.5. The van der Waals surface area contributed by atoms with E-state index >= 15 is 4.39 Å². The minimum Gasteiger partial charge on any atom is -0.384 e. The van der Waals surface area contributed by atoms with Gasteiger partial charge in [0, 0.05) is 43.4 Å². The molecule has 1 aliphatic carbocycles. The van der Waals surface area contributed by atoms with Crippen LogP contribution in [0.2, 0.25) is 0 Å². The fourth-order valence-corrected chi connectivity index (χ4v) is 6.17. The van der Waals surface area contributed by atoms with Gasteiger partial charge in [-0.25, -0.2) is 14.4 Å². The molecule has 5 rings (SSSR count). The van der Waals surface area contributed by atoms with Gasteiger partial charge >= 0.3 is 5.92 Å². The van der Waals surface area contributed by atoms with E-state index < -0.39 is 28.9 Å². The standard InChI is InChI=1S/C31H39F3N4O2/c1-18(21-8-7-11-25(27(21)32)31(33,34)30(3,4)39)35-29-24-16-26(38-14-12-20(13-15-38)17-40-5)22-9-6-10-23(22)28(24)36-19(2)37-29/h7-8,11,16,18,20,39H,6,9-10,12-15,17H2,1-5H3,(H,35,36,37)/t18-/m1/s1. The lowest BCUT2D eigenvalue weighted by Crippen LogP contribution is -2.41. The first-order chi connectivity index (χ1) is 18.9. The lowest BCUT2D eigenvalue weighted by molar-refractivity contribution is -0.170. The second-order valence-corrected chi connectivity index (χ2v) is 11.8. The van der Waals surface area contributed by atoms with Crippen molar-refractivity contribution in [2.75, 3.05) is 37.0 Å². The van der Waals surface area contributed by atoms with Crippen LogP contribution in [0.15, 0.2) is 24.3 Å². The molecule has 1 aliphatic heterocycles. The van der Waals surface area contributed by atoms with Crippen LogP contribution in [-0.4, -0.2) is 47.5 Å². The first-order valence-corrected chi connectivity index (χ1v) is 14.1. The zero-order valence-corrected chi connectivity index (χ0v) is 24.0. The first kappa shape index (κ1) is 28.6. The number of anilines is 2. The minimum absolute atomic E-state index is 0.0763. The van der Waals surface area contributed by atoms with Crippen LogP contribution < -0.4 is 10.2 Å². The third kappa shape index (κ3) is 5.14. The van der Waals surface area contributed by atoms with Crippen LogP contribution >= 0.6 is 0 Å². The van der Waals surface area contributed by atoms with Crippen LogP contribution in [0.1, 0.15) is 74.2 Å². The number of piperidine rings is 1. The normalized spacial score (nSPS) is 17.4. The van der Waals surface area contributed by atoms with E-state index in [4.69, 9.17) is 9.72 Å². The van der Waals surface area contributed by atoms with Crippen molar-refractivity contribution in [1.29, 1.82) is 0 Å². The Morgan fingerprint density at radius 1 is 1.15 bits per heavy atom. The van der Waals surface area contributed by atoms with Gasteiger partial charge in [0.25, 0.3) is 0 Å². The van der Waals surface area contributed by atoms with E-state index in [0.29, 0.717) is 17.6 Å². The number of ether oxygens (including phenoxy) is 1. The number of aliphatic hydroxyl groups is 1. The molecule has 40 heavy (non-hydrogen) atoms. The van der Waals surface area contributed by atoms with Crippen molar-refractivity contribution in [1.82, 2.24) is 9.97 Å². The largest absolute Gasteiger partial charge is 0.384 e. The van der Waals surface area contributed by atoms with Gasteiger partial charge in [-0.1, -0.05) is 12.1 Å². The molecule has 2 N–H and O–H groups in total. The van der Waals surface area contributed by atoms with Crippen molar-refractivity contribution in [3.63, 3.8) is 0 Å². The van der Waals surface area contributed by atoms with Gasteiger partial charge < -0.3 is 20.1 Å². The molecule has 0 spiro atoms.